The number of H-pyrrole nitrogens is 1. The van der Waals surface area contributed by atoms with Gasteiger partial charge in [0.1, 0.15) is 17.5 Å². The lowest BCUT2D eigenvalue weighted by atomic mass is 10.0. The van der Waals surface area contributed by atoms with E-state index < -0.39 is 18.1 Å². The van der Waals surface area contributed by atoms with Gasteiger partial charge in [0.25, 0.3) is 5.91 Å². The van der Waals surface area contributed by atoms with Crippen LogP contribution in [0.2, 0.25) is 0 Å². The number of aromatic amines is 1. The quantitative estimate of drug-likeness (QED) is 0.339. The summed E-state index contributed by atoms with van der Waals surface area (Å²) >= 11 is 0. The summed E-state index contributed by atoms with van der Waals surface area (Å²) in [6, 6.07) is 7.68. The molecule has 6 heterocycles. The molecule has 40 heavy (non-hydrogen) atoms. The Hall–Kier alpha value is -4.45. The number of nitrogens with zero attached hydrogens (tertiary/aromatic N) is 6. The van der Waals surface area contributed by atoms with Crippen LogP contribution in [-0.4, -0.2) is 80.8 Å². The molecular weight excluding hydrogens is 521 g/mol. The number of pyridine rings is 3. The van der Waals surface area contributed by atoms with Gasteiger partial charge in [-0.15, -0.1) is 0 Å². The Morgan fingerprint density at radius 2 is 1.82 bits per heavy atom. The lowest BCUT2D eigenvalue weighted by Gasteiger charge is -2.33. The second-order valence-corrected chi connectivity index (χ2v) is 10.1. The first-order valence-electron chi connectivity index (χ1n) is 12.9. The normalized spacial score (nSPS) is 15.6. The highest BCUT2D eigenvalue weighted by molar-refractivity contribution is 6.02. The Kier molecular flexibility index (Phi) is 6.41. The fourth-order valence-corrected chi connectivity index (χ4v) is 4.89. The van der Waals surface area contributed by atoms with Crippen molar-refractivity contribution < 1.29 is 18.0 Å². The van der Waals surface area contributed by atoms with Crippen molar-refractivity contribution in [2.24, 2.45) is 0 Å². The maximum absolute atomic E-state index is 13.0. The summed E-state index contributed by atoms with van der Waals surface area (Å²) in [6.07, 6.45) is 3.86. The topological polar surface area (TPSA) is 94.5 Å². The largest absolute Gasteiger partial charge is 0.408 e. The number of likely N-dealkylation sites (N-methyl/N-ethyl adjacent to an activating group) is 1. The molecule has 0 bridgehead atoms. The Labute approximate surface area is 227 Å². The van der Waals surface area contributed by atoms with E-state index in [1.54, 1.807) is 12.3 Å². The first-order valence-corrected chi connectivity index (χ1v) is 12.9. The van der Waals surface area contributed by atoms with Crippen molar-refractivity contribution in [3.63, 3.8) is 0 Å². The number of halogens is 3. The Morgan fingerprint density at radius 1 is 1.02 bits per heavy atom. The van der Waals surface area contributed by atoms with Gasteiger partial charge in [-0.2, -0.15) is 18.3 Å². The summed E-state index contributed by atoms with van der Waals surface area (Å²) in [6.45, 7) is 4.70. The summed E-state index contributed by atoms with van der Waals surface area (Å²) in [5.74, 6) is 0.0884. The highest BCUT2D eigenvalue weighted by Gasteiger charge is 2.37. The molecule has 0 spiro atoms. The van der Waals surface area contributed by atoms with Crippen LogP contribution in [0, 0.1) is 0 Å². The van der Waals surface area contributed by atoms with Crippen molar-refractivity contribution in [1.82, 2.24) is 34.8 Å². The summed E-state index contributed by atoms with van der Waals surface area (Å²) < 4.78 is 40.5. The summed E-state index contributed by atoms with van der Waals surface area (Å²) in [5, 5.41) is 7.02. The highest BCUT2D eigenvalue weighted by atomic mass is 19.4. The van der Waals surface area contributed by atoms with Crippen molar-refractivity contribution in [3.8, 4) is 22.3 Å². The first kappa shape index (κ1) is 25.8. The minimum absolute atomic E-state index is 0.0600. The van der Waals surface area contributed by atoms with E-state index in [1.807, 2.05) is 36.0 Å². The molecule has 9 nitrogen and oxygen atoms in total. The number of hydrogen-bond acceptors (Lipinski definition) is 6. The second-order valence-electron chi connectivity index (χ2n) is 10.1. The van der Waals surface area contributed by atoms with E-state index >= 15 is 0 Å². The Morgan fingerprint density at radius 3 is 2.60 bits per heavy atom. The van der Waals surface area contributed by atoms with Crippen LogP contribution in [0.15, 0.2) is 61.3 Å². The van der Waals surface area contributed by atoms with Gasteiger partial charge in [-0.1, -0.05) is 0 Å². The average molecular weight is 549 g/mol. The van der Waals surface area contributed by atoms with E-state index in [9.17, 15) is 18.0 Å². The predicted molar refractivity (Wildman–Crippen MR) is 146 cm³/mol. The third-order valence-corrected chi connectivity index (χ3v) is 7.35. The van der Waals surface area contributed by atoms with Crippen molar-refractivity contribution in [2.75, 3.05) is 38.1 Å². The van der Waals surface area contributed by atoms with Crippen LogP contribution >= 0.6 is 0 Å². The maximum Gasteiger partial charge on any atom is 0.408 e. The summed E-state index contributed by atoms with van der Waals surface area (Å²) in [5.41, 5.74) is 4.68. The van der Waals surface area contributed by atoms with Crippen LogP contribution in [0.25, 0.3) is 38.8 Å². The zero-order chi connectivity index (χ0) is 28.0. The van der Waals surface area contributed by atoms with Crippen LogP contribution < -0.4 is 10.2 Å². The van der Waals surface area contributed by atoms with Crippen LogP contribution in [0.1, 0.15) is 17.3 Å². The standard InChI is InChI=1S/C28H27F3N8O/c1-17(28(29,30)31)36-27(40)23-16-35-39-6-4-19(12-24(23)39)22-15-34-26-21(22)11-20(14-33-26)18-3-5-32-25(13-18)38-9-7-37(2)8-10-38/h3-6,11-17H,7-10H2,1-2H3,(H,33,34)(H,36,40)/t17-/m1/s1. The monoisotopic (exact) mass is 548 g/mol. The van der Waals surface area contributed by atoms with Crippen LogP contribution in [0.4, 0.5) is 19.0 Å². The smallest absolute Gasteiger partial charge is 0.354 e. The van der Waals surface area contributed by atoms with Gasteiger partial charge in [0.15, 0.2) is 0 Å². The minimum atomic E-state index is -4.54. The van der Waals surface area contributed by atoms with Crippen molar-refractivity contribution >= 4 is 28.3 Å². The van der Waals surface area contributed by atoms with Gasteiger partial charge >= 0.3 is 6.18 Å². The van der Waals surface area contributed by atoms with E-state index in [0.29, 0.717) is 11.2 Å². The summed E-state index contributed by atoms with van der Waals surface area (Å²) in [4.78, 5) is 29.6. The van der Waals surface area contributed by atoms with Crippen LogP contribution in [0.5, 0.6) is 0 Å². The Bertz CT molecular complexity index is 1700. The molecule has 2 N–H and O–H groups in total. The van der Waals surface area contributed by atoms with Crippen molar-refractivity contribution in [1.29, 1.82) is 0 Å². The zero-order valence-electron chi connectivity index (χ0n) is 21.9. The number of aromatic nitrogens is 5. The molecule has 206 valence electrons. The number of amides is 1. The molecule has 5 aromatic heterocycles. The van der Waals surface area contributed by atoms with Gasteiger partial charge in [-0.05, 0) is 55.4 Å². The molecule has 1 aliphatic heterocycles. The number of nitrogens with one attached hydrogen (secondary N) is 2. The molecule has 1 amide bonds. The van der Waals surface area contributed by atoms with E-state index in [0.717, 1.165) is 66.6 Å². The predicted octanol–water partition coefficient (Wildman–Crippen LogP) is 4.37. The molecule has 1 atom stereocenters. The molecule has 6 rings (SSSR count). The molecule has 1 saturated heterocycles. The van der Waals surface area contributed by atoms with E-state index in [4.69, 9.17) is 0 Å². The maximum atomic E-state index is 13.0. The van der Waals surface area contributed by atoms with Gasteiger partial charge in [0, 0.05) is 67.5 Å². The van der Waals surface area contributed by atoms with Gasteiger partial charge in [-0.25, -0.2) is 14.5 Å². The molecule has 1 fully saturated rings. The number of carbonyl (C=O) groups is 1. The zero-order valence-corrected chi connectivity index (χ0v) is 21.9. The van der Waals surface area contributed by atoms with Gasteiger partial charge in [0.2, 0.25) is 0 Å². The van der Waals surface area contributed by atoms with Gasteiger partial charge < -0.3 is 20.1 Å². The molecule has 0 unspecified atom stereocenters. The number of anilines is 1. The molecule has 0 aliphatic carbocycles. The number of carbonyl (C=O) groups excluding carboxylic acids is 1. The third kappa shape index (κ3) is 4.86. The number of piperazine rings is 1. The second kappa shape index (κ2) is 9.94. The molecule has 0 radical (unpaired) electrons. The van der Waals surface area contributed by atoms with E-state index in [2.05, 4.69) is 49.0 Å². The number of fused-ring (bicyclic) bond motifs is 2. The molecule has 1 aliphatic rings. The van der Waals surface area contributed by atoms with E-state index in [1.165, 1.54) is 10.7 Å². The molecule has 0 saturated carbocycles. The van der Waals surface area contributed by atoms with Crippen LogP contribution in [-0.2, 0) is 0 Å². The summed E-state index contributed by atoms with van der Waals surface area (Å²) in [7, 11) is 2.12. The highest BCUT2D eigenvalue weighted by Crippen LogP contribution is 2.33. The minimum Gasteiger partial charge on any atom is -0.354 e. The van der Waals surface area contributed by atoms with Crippen molar-refractivity contribution in [2.45, 2.75) is 19.1 Å². The fourth-order valence-electron chi connectivity index (χ4n) is 4.89. The van der Waals surface area contributed by atoms with Crippen LogP contribution in [0.3, 0.4) is 0 Å². The molecule has 0 aromatic carbocycles. The number of hydrogen-bond donors (Lipinski definition) is 2. The van der Waals surface area contributed by atoms with Gasteiger partial charge in [0.05, 0.1) is 17.3 Å². The lowest BCUT2D eigenvalue weighted by molar-refractivity contribution is -0.149. The first-order chi connectivity index (χ1) is 19.2. The number of alkyl halides is 3. The lowest BCUT2D eigenvalue weighted by Crippen LogP contribution is -2.44. The molecule has 5 aromatic rings. The SMILES string of the molecule is C[C@@H](NC(=O)c1cnn2ccc(-c3c[nH]c4ncc(-c5ccnc(N6CCN(C)CC6)c5)cc34)cc12)C(F)(F)F. The van der Waals surface area contributed by atoms with Gasteiger partial charge in [-0.3, -0.25) is 4.79 Å². The van der Waals surface area contributed by atoms with E-state index in [-0.39, 0.29) is 5.56 Å². The molecular formula is C28H27F3N8O. The van der Waals surface area contributed by atoms with Crippen molar-refractivity contribution in [3.05, 3.63) is 66.9 Å². The third-order valence-electron chi connectivity index (χ3n) is 7.35. The average Bonchev–Trinajstić information content (AvgIpc) is 3.56. The number of rotatable bonds is 5. The Balaban J connectivity index is 1.33. The fraction of sp³-hybridized carbons (Fsp3) is 0.286. The molecule has 12 heteroatoms.